The molecule has 0 aromatic heterocycles. The van der Waals surface area contributed by atoms with Crippen molar-refractivity contribution in [2.24, 2.45) is 0 Å². The number of carboxylic acids is 1. The lowest BCUT2D eigenvalue weighted by molar-refractivity contribution is -0.142. The van der Waals surface area contributed by atoms with Gasteiger partial charge in [-0.2, -0.15) is 0 Å². The van der Waals surface area contributed by atoms with Crippen molar-refractivity contribution >= 4 is 11.9 Å². The van der Waals surface area contributed by atoms with Gasteiger partial charge in [-0.25, -0.2) is 4.79 Å². The zero-order valence-electron chi connectivity index (χ0n) is 14.1. The van der Waals surface area contributed by atoms with Crippen molar-refractivity contribution in [2.45, 2.75) is 39.2 Å². The van der Waals surface area contributed by atoms with E-state index >= 15 is 0 Å². The van der Waals surface area contributed by atoms with Crippen LogP contribution in [0, 0.1) is 0 Å². The molecule has 0 aliphatic carbocycles. The highest BCUT2D eigenvalue weighted by atomic mass is 16.5. The van der Waals surface area contributed by atoms with E-state index in [1.165, 1.54) is 0 Å². The number of amides is 1. The third-order valence-corrected chi connectivity index (χ3v) is 3.15. The van der Waals surface area contributed by atoms with Crippen molar-refractivity contribution in [1.29, 1.82) is 0 Å². The first kappa shape index (κ1) is 19.0. The number of carbonyl (C=O) groups excluding carboxylic acids is 1. The predicted molar refractivity (Wildman–Crippen MR) is 86.7 cm³/mol. The molecule has 0 saturated heterocycles. The average molecular weight is 323 g/mol. The SMILES string of the molecule is CC(Oc1cccc(C(C)(C)C)c1)C(=O)NCCOCC(=O)O. The first-order valence-corrected chi connectivity index (χ1v) is 7.54. The highest BCUT2D eigenvalue weighted by molar-refractivity contribution is 5.80. The van der Waals surface area contributed by atoms with Crippen LogP contribution < -0.4 is 10.1 Å². The molecule has 0 bridgehead atoms. The number of carbonyl (C=O) groups is 2. The van der Waals surface area contributed by atoms with Crippen molar-refractivity contribution in [3.63, 3.8) is 0 Å². The van der Waals surface area contributed by atoms with Crippen molar-refractivity contribution < 1.29 is 24.2 Å². The number of carboxylic acid groups (broad SMARTS) is 1. The molecule has 0 radical (unpaired) electrons. The number of nitrogens with one attached hydrogen (secondary N) is 1. The first-order valence-electron chi connectivity index (χ1n) is 7.54. The van der Waals surface area contributed by atoms with E-state index < -0.39 is 12.1 Å². The summed E-state index contributed by atoms with van der Waals surface area (Å²) in [5.41, 5.74) is 1.14. The quantitative estimate of drug-likeness (QED) is 0.715. The first-order chi connectivity index (χ1) is 10.7. The van der Waals surface area contributed by atoms with E-state index in [1.54, 1.807) is 6.92 Å². The van der Waals surface area contributed by atoms with Crippen LogP contribution in [-0.4, -0.2) is 42.8 Å². The summed E-state index contributed by atoms with van der Waals surface area (Å²) < 4.78 is 10.5. The van der Waals surface area contributed by atoms with Gasteiger partial charge in [-0.05, 0) is 30.0 Å². The standard InChI is InChI=1S/C17H25NO5/c1-12(16(21)18-8-9-22-11-15(19)20)23-14-7-5-6-13(10-14)17(2,3)4/h5-7,10,12H,8-9,11H2,1-4H3,(H,18,21)(H,19,20). The second kappa shape index (κ2) is 8.53. The normalized spacial score (nSPS) is 12.5. The molecule has 2 N–H and O–H groups in total. The summed E-state index contributed by atoms with van der Waals surface area (Å²) in [5, 5.41) is 11.1. The lowest BCUT2D eigenvalue weighted by Crippen LogP contribution is -2.38. The van der Waals surface area contributed by atoms with E-state index in [1.807, 2.05) is 24.3 Å². The maximum atomic E-state index is 11.9. The molecule has 0 fully saturated rings. The molecule has 23 heavy (non-hydrogen) atoms. The van der Waals surface area contributed by atoms with E-state index in [4.69, 9.17) is 14.6 Å². The summed E-state index contributed by atoms with van der Waals surface area (Å²) in [6.45, 7) is 8.00. The van der Waals surface area contributed by atoms with Crippen LogP contribution in [0.5, 0.6) is 5.75 Å². The Hall–Kier alpha value is -2.08. The van der Waals surface area contributed by atoms with E-state index in [0.717, 1.165) is 5.56 Å². The van der Waals surface area contributed by atoms with Crippen molar-refractivity contribution in [1.82, 2.24) is 5.32 Å². The fraction of sp³-hybridized carbons (Fsp3) is 0.529. The maximum absolute atomic E-state index is 11.9. The second-order valence-electron chi connectivity index (χ2n) is 6.28. The molecule has 1 rings (SSSR count). The summed E-state index contributed by atoms with van der Waals surface area (Å²) in [6, 6.07) is 7.67. The zero-order valence-corrected chi connectivity index (χ0v) is 14.1. The Bertz CT molecular complexity index is 536. The van der Waals surface area contributed by atoms with Gasteiger partial charge in [-0.1, -0.05) is 32.9 Å². The van der Waals surface area contributed by atoms with Crippen LogP contribution in [0.15, 0.2) is 24.3 Å². The van der Waals surface area contributed by atoms with Crippen molar-refractivity contribution in [3.8, 4) is 5.75 Å². The molecule has 0 spiro atoms. The van der Waals surface area contributed by atoms with Gasteiger partial charge in [0, 0.05) is 6.54 Å². The van der Waals surface area contributed by atoms with E-state index in [-0.39, 0.29) is 31.1 Å². The fourth-order valence-electron chi connectivity index (χ4n) is 1.84. The topological polar surface area (TPSA) is 84.9 Å². The Labute approximate surface area is 136 Å². The summed E-state index contributed by atoms with van der Waals surface area (Å²) >= 11 is 0. The van der Waals surface area contributed by atoms with Gasteiger partial charge in [-0.3, -0.25) is 4.79 Å². The third kappa shape index (κ3) is 7.15. The van der Waals surface area contributed by atoms with Crippen LogP contribution in [0.4, 0.5) is 0 Å². The fourth-order valence-corrected chi connectivity index (χ4v) is 1.84. The van der Waals surface area contributed by atoms with Crippen LogP contribution in [-0.2, 0) is 19.7 Å². The van der Waals surface area contributed by atoms with E-state index in [2.05, 4.69) is 26.1 Å². The summed E-state index contributed by atoms with van der Waals surface area (Å²) in [7, 11) is 0. The molecule has 6 heteroatoms. The van der Waals surface area contributed by atoms with Gasteiger partial charge in [-0.15, -0.1) is 0 Å². The Balaban J connectivity index is 2.44. The minimum absolute atomic E-state index is 0.00630. The molecule has 128 valence electrons. The number of ether oxygens (including phenoxy) is 2. The minimum Gasteiger partial charge on any atom is -0.481 e. The van der Waals surface area contributed by atoms with Crippen LogP contribution >= 0.6 is 0 Å². The number of rotatable bonds is 8. The van der Waals surface area contributed by atoms with Gasteiger partial charge in [0.2, 0.25) is 0 Å². The van der Waals surface area contributed by atoms with Gasteiger partial charge in [0.1, 0.15) is 12.4 Å². The second-order valence-corrected chi connectivity index (χ2v) is 6.28. The number of hydrogen-bond acceptors (Lipinski definition) is 4. The van der Waals surface area contributed by atoms with Crippen LogP contribution in [0.2, 0.25) is 0 Å². The maximum Gasteiger partial charge on any atom is 0.329 e. The molecule has 1 aromatic rings. The number of hydrogen-bond donors (Lipinski definition) is 2. The summed E-state index contributed by atoms with van der Waals surface area (Å²) in [5.74, 6) is -0.668. The Morgan fingerprint density at radius 2 is 2.00 bits per heavy atom. The van der Waals surface area contributed by atoms with E-state index in [0.29, 0.717) is 5.75 Å². The molecule has 6 nitrogen and oxygen atoms in total. The van der Waals surface area contributed by atoms with Crippen LogP contribution in [0.25, 0.3) is 0 Å². The van der Waals surface area contributed by atoms with Gasteiger partial charge < -0.3 is 19.9 Å². The lowest BCUT2D eigenvalue weighted by Gasteiger charge is -2.21. The van der Waals surface area contributed by atoms with Crippen molar-refractivity contribution in [2.75, 3.05) is 19.8 Å². The minimum atomic E-state index is -1.04. The highest BCUT2D eigenvalue weighted by Gasteiger charge is 2.17. The molecule has 0 aliphatic rings. The number of benzene rings is 1. The summed E-state index contributed by atoms with van der Waals surface area (Å²) in [6.07, 6.45) is -0.648. The zero-order chi connectivity index (χ0) is 17.5. The summed E-state index contributed by atoms with van der Waals surface area (Å²) in [4.78, 5) is 22.2. The third-order valence-electron chi connectivity index (χ3n) is 3.15. The molecule has 1 unspecified atom stereocenters. The molecule has 1 atom stereocenters. The van der Waals surface area contributed by atoms with Gasteiger partial charge in [0.15, 0.2) is 6.10 Å². The van der Waals surface area contributed by atoms with E-state index in [9.17, 15) is 9.59 Å². The van der Waals surface area contributed by atoms with Crippen molar-refractivity contribution in [3.05, 3.63) is 29.8 Å². The Kier molecular flexibility index (Phi) is 7.03. The lowest BCUT2D eigenvalue weighted by atomic mass is 9.87. The predicted octanol–water partition coefficient (Wildman–Crippen LogP) is 1.97. The van der Waals surface area contributed by atoms with Gasteiger partial charge in [0.25, 0.3) is 5.91 Å². The molecule has 1 amide bonds. The largest absolute Gasteiger partial charge is 0.481 e. The van der Waals surface area contributed by atoms with Crippen LogP contribution in [0.3, 0.4) is 0 Å². The number of aliphatic carboxylic acids is 1. The molecule has 0 aliphatic heterocycles. The monoisotopic (exact) mass is 323 g/mol. The molecule has 1 aromatic carbocycles. The Morgan fingerprint density at radius 1 is 1.30 bits per heavy atom. The molecular weight excluding hydrogens is 298 g/mol. The molecule has 0 heterocycles. The van der Waals surface area contributed by atoms with Gasteiger partial charge in [0.05, 0.1) is 6.61 Å². The Morgan fingerprint density at radius 3 is 2.61 bits per heavy atom. The smallest absolute Gasteiger partial charge is 0.329 e. The average Bonchev–Trinajstić information content (AvgIpc) is 2.45. The van der Waals surface area contributed by atoms with Gasteiger partial charge >= 0.3 is 5.97 Å². The molecule has 0 saturated carbocycles. The van der Waals surface area contributed by atoms with Crippen LogP contribution in [0.1, 0.15) is 33.3 Å². The highest BCUT2D eigenvalue weighted by Crippen LogP contribution is 2.26. The molecular formula is C17H25NO5.